The van der Waals surface area contributed by atoms with Crippen molar-refractivity contribution in [2.24, 2.45) is 10.9 Å². The minimum atomic E-state index is -0.190. The lowest BCUT2D eigenvalue weighted by Gasteiger charge is -2.45. The van der Waals surface area contributed by atoms with E-state index in [9.17, 15) is 4.79 Å². The Morgan fingerprint density at radius 3 is 3.06 bits per heavy atom. The van der Waals surface area contributed by atoms with E-state index < -0.39 is 0 Å². The van der Waals surface area contributed by atoms with E-state index in [0.717, 1.165) is 56.9 Å². The number of H-pyrrole nitrogens is 1. The Bertz CT molecular complexity index is 1170. The van der Waals surface area contributed by atoms with E-state index in [0.29, 0.717) is 12.6 Å². The van der Waals surface area contributed by atoms with E-state index in [1.165, 1.54) is 28.2 Å². The number of piperazine rings is 1. The van der Waals surface area contributed by atoms with Crippen LogP contribution in [0.5, 0.6) is 0 Å². The highest BCUT2D eigenvalue weighted by Gasteiger charge is 2.32. The molecule has 6 nitrogen and oxygen atoms in total. The van der Waals surface area contributed by atoms with Gasteiger partial charge in [0.1, 0.15) is 5.76 Å². The predicted octanol–water partition coefficient (Wildman–Crippen LogP) is 3.62. The second-order valence-corrected chi connectivity index (χ2v) is 9.09. The molecular formula is C26H28N4O2. The summed E-state index contributed by atoms with van der Waals surface area (Å²) in [6, 6.07) is 7.18. The van der Waals surface area contributed by atoms with Crippen LogP contribution in [0.15, 0.2) is 65.5 Å². The molecule has 32 heavy (non-hydrogen) atoms. The van der Waals surface area contributed by atoms with E-state index in [1.54, 1.807) is 0 Å². The molecule has 6 heteroatoms. The summed E-state index contributed by atoms with van der Waals surface area (Å²) in [6.45, 7) is 5.14. The number of carbonyl (C=O) groups is 1. The van der Waals surface area contributed by atoms with Gasteiger partial charge in [-0.25, -0.2) is 4.99 Å². The Labute approximate surface area is 187 Å². The SMILES string of the molecule is O=C1C=CC2C=CC(OCCCCN3CCN4c5cccc6[nH]cc(c56)C[C@H]4C3)=CC2=N1. The highest BCUT2D eigenvalue weighted by atomic mass is 16.5. The molecule has 4 aliphatic rings. The maximum absolute atomic E-state index is 11.5. The predicted molar refractivity (Wildman–Crippen MR) is 127 cm³/mol. The molecule has 0 spiro atoms. The number of allylic oxidation sites excluding steroid dienone is 4. The molecule has 1 aromatic heterocycles. The summed E-state index contributed by atoms with van der Waals surface area (Å²) < 4.78 is 5.93. The Morgan fingerprint density at radius 1 is 1.16 bits per heavy atom. The number of dihydropyridines is 1. The third kappa shape index (κ3) is 3.58. The maximum atomic E-state index is 11.5. The number of fused-ring (bicyclic) bond motifs is 3. The number of carbonyl (C=O) groups excluding carboxylic acids is 1. The van der Waals surface area contributed by atoms with Crippen LogP contribution in [0.3, 0.4) is 0 Å². The minimum Gasteiger partial charge on any atom is -0.494 e. The van der Waals surface area contributed by atoms with Crippen LogP contribution < -0.4 is 4.90 Å². The number of hydrogen-bond donors (Lipinski definition) is 1. The number of amides is 1. The largest absolute Gasteiger partial charge is 0.494 e. The van der Waals surface area contributed by atoms with Crippen LogP contribution in [0.2, 0.25) is 0 Å². The van der Waals surface area contributed by atoms with Crippen LogP contribution in [0.4, 0.5) is 5.69 Å². The molecule has 0 saturated carbocycles. The molecule has 1 aromatic carbocycles. The first kappa shape index (κ1) is 19.6. The van der Waals surface area contributed by atoms with Gasteiger partial charge in [0.15, 0.2) is 0 Å². The van der Waals surface area contributed by atoms with Gasteiger partial charge >= 0.3 is 0 Å². The number of nitrogens with one attached hydrogen (secondary N) is 1. The number of anilines is 1. The van der Waals surface area contributed by atoms with Crippen LogP contribution in [0.25, 0.3) is 10.9 Å². The summed E-state index contributed by atoms with van der Waals surface area (Å²) in [5.41, 5.74) is 4.90. The topological polar surface area (TPSA) is 60.9 Å². The van der Waals surface area contributed by atoms with Crippen LogP contribution in [-0.2, 0) is 16.0 Å². The summed E-state index contributed by atoms with van der Waals surface area (Å²) in [7, 11) is 0. The lowest BCUT2D eigenvalue weighted by Crippen LogP contribution is -2.55. The molecule has 2 atom stereocenters. The van der Waals surface area contributed by atoms with Gasteiger partial charge in [-0.1, -0.05) is 18.2 Å². The van der Waals surface area contributed by atoms with Gasteiger partial charge in [-0.15, -0.1) is 0 Å². The third-order valence-corrected chi connectivity index (χ3v) is 7.02. The summed E-state index contributed by atoms with van der Waals surface area (Å²) in [4.78, 5) is 24.2. The number of aliphatic imine (C=N–C) groups is 1. The van der Waals surface area contributed by atoms with Crippen molar-refractivity contribution in [3.63, 3.8) is 0 Å². The number of nitrogens with zero attached hydrogens (tertiary/aromatic N) is 3. The average Bonchev–Trinajstić information content (AvgIpc) is 3.22. The second-order valence-electron chi connectivity index (χ2n) is 9.09. The number of hydrogen-bond acceptors (Lipinski definition) is 4. The fourth-order valence-electron chi connectivity index (χ4n) is 5.43. The zero-order chi connectivity index (χ0) is 21.5. The van der Waals surface area contributed by atoms with Crippen molar-refractivity contribution in [3.8, 4) is 0 Å². The Morgan fingerprint density at radius 2 is 2.09 bits per heavy atom. The maximum Gasteiger partial charge on any atom is 0.269 e. The molecule has 164 valence electrons. The summed E-state index contributed by atoms with van der Waals surface area (Å²) >= 11 is 0. The normalized spacial score (nSPS) is 24.2. The van der Waals surface area contributed by atoms with Crippen LogP contribution in [0.1, 0.15) is 18.4 Å². The number of unbranched alkanes of at least 4 members (excludes halogenated alkanes) is 1. The molecule has 1 amide bonds. The number of rotatable bonds is 6. The zero-order valence-corrected chi connectivity index (χ0v) is 18.2. The third-order valence-electron chi connectivity index (χ3n) is 7.02. The van der Waals surface area contributed by atoms with Gasteiger partial charge in [0.05, 0.1) is 12.3 Å². The molecule has 3 aliphatic heterocycles. The Kier molecular flexibility index (Phi) is 4.95. The van der Waals surface area contributed by atoms with Gasteiger partial charge in [0, 0.05) is 66.5 Å². The Balaban J connectivity index is 0.979. The highest BCUT2D eigenvalue weighted by molar-refractivity contribution is 6.11. The van der Waals surface area contributed by atoms with Gasteiger partial charge < -0.3 is 14.6 Å². The fourth-order valence-corrected chi connectivity index (χ4v) is 5.43. The van der Waals surface area contributed by atoms with Crippen molar-refractivity contribution >= 4 is 28.2 Å². The van der Waals surface area contributed by atoms with Crippen LogP contribution in [0, 0.1) is 5.92 Å². The number of ether oxygens (including phenoxy) is 1. The molecule has 6 rings (SSSR count). The van der Waals surface area contributed by atoms with Crippen molar-refractivity contribution in [1.29, 1.82) is 0 Å². The molecule has 1 saturated heterocycles. The van der Waals surface area contributed by atoms with E-state index in [1.807, 2.05) is 24.3 Å². The van der Waals surface area contributed by atoms with Crippen LogP contribution in [-0.4, -0.2) is 60.3 Å². The lowest BCUT2D eigenvalue weighted by atomic mass is 9.94. The molecule has 4 heterocycles. The first-order valence-electron chi connectivity index (χ1n) is 11.7. The molecule has 1 fully saturated rings. The van der Waals surface area contributed by atoms with Gasteiger partial charge in [-0.2, -0.15) is 0 Å². The average molecular weight is 429 g/mol. The van der Waals surface area contributed by atoms with Gasteiger partial charge in [-0.05, 0) is 49.6 Å². The second kappa shape index (κ2) is 8.10. The molecule has 1 N–H and O–H groups in total. The van der Waals surface area contributed by atoms with Crippen molar-refractivity contribution < 1.29 is 9.53 Å². The summed E-state index contributed by atoms with van der Waals surface area (Å²) in [6.07, 6.45) is 14.8. The molecule has 1 unspecified atom stereocenters. The molecule has 0 bridgehead atoms. The zero-order valence-electron chi connectivity index (χ0n) is 18.2. The quantitative estimate of drug-likeness (QED) is 0.714. The monoisotopic (exact) mass is 428 g/mol. The van der Waals surface area contributed by atoms with Crippen molar-refractivity contribution in [2.75, 3.05) is 37.7 Å². The van der Waals surface area contributed by atoms with Crippen molar-refractivity contribution in [3.05, 3.63) is 66.1 Å². The summed E-state index contributed by atoms with van der Waals surface area (Å²) in [5, 5.41) is 1.42. The molecule has 1 aliphatic carbocycles. The van der Waals surface area contributed by atoms with E-state index in [4.69, 9.17) is 4.74 Å². The van der Waals surface area contributed by atoms with Crippen LogP contribution >= 0.6 is 0 Å². The summed E-state index contributed by atoms with van der Waals surface area (Å²) in [5.74, 6) is 0.716. The van der Waals surface area contributed by atoms with Gasteiger partial charge in [-0.3, -0.25) is 9.69 Å². The molecule has 0 radical (unpaired) electrons. The minimum absolute atomic E-state index is 0.104. The van der Waals surface area contributed by atoms with Crippen molar-refractivity contribution in [2.45, 2.75) is 25.3 Å². The fraction of sp³-hybridized carbons (Fsp3) is 0.385. The Hall–Kier alpha value is -3.12. The lowest BCUT2D eigenvalue weighted by molar-refractivity contribution is -0.113. The van der Waals surface area contributed by atoms with E-state index >= 15 is 0 Å². The van der Waals surface area contributed by atoms with E-state index in [2.05, 4.69) is 44.2 Å². The first-order valence-corrected chi connectivity index (χ1v) is 11.7. The first-order chi connectivity index (χ1) is 15.7. The standard InChI is InChI=1S/C26H28N4O2/c31-25-9-7-18-6-8-21(15-23(18)28-25)32-13-2-1-10-29-11-12-30-20(17-29)14-19-16-27-22-4-3-5-24(30)26(19)22/h3-9,15-16,18,20,27H,1-2,10-14,17H2/t18?,20-/m0/s1. The molecular weight excluding hydrogens is 400 g/mol. The number of aromatic amines is 1. The number of benzene rings is 1. The van der Waals surface area contributed by atoms with Gasteiger partial charge in [0.25, 0.3) is 5.91 Å². The number of aromatic nitrogens is 1. The highest BCUT2D eigenvalue weighted by Crippen LogP contribution is 2.37. The van der Waals surface area contributed by atoms with E-state index in [-0.39, 0.29) is 11.8 Å². The van der Waals surface area contributed by atoms with Gasteiger partial charge in [0.2, 0.25) is 0 Å². The van der Waals surface area contributed by atoms with Crippen molar-refractivity contribution in [1.82, 2.24) is 9.88 Å². The smallest absolute Gasteiger partial charge is 0.269 e. The molecule has 2 aromatic rings.